The number of carbonyl (C=O) groups is 2. The molecule has 1 rings (SSSR count). The molecule has 0 spiro atoms. The molecule has 0 unspecified atom stereocenters. The monoisotopic (exact) mass is 263 g/mol. The van der Waals surface area contributed by atoms with Gasteiger partial charge in [-0.25, -0.2) is 0 Å². The van der Waals surface area contributed by atoms with Crippen LogP contribution in [0.5, 0.6) is 0 Å². The van der Waals surface area contributed by atoms with Crippen LogP contribution < -0.4 is 5.32 Å². The summed E-state index contributed by atoms with van der Waals surface area (Å²) < 4.78 is 0. The maximum Gasteiger partial charge on any atom is 0.153 e. The largest absolute Gasteiger partial charge is 0.388 e. The molecule has 1 aliphatic rings. The highest BCUT2D eigenvalue weighted by atomic mass is 16.1. The fraction of sp³-hybridized carbons (Fsp3) is 0.625. The Balaban J connectivity index is 2.88. The second-order valence-corrected chi connectivity index (χ2v) is 5.08. The molecule has 1 N–H and O–H groups in total. The van der Waals surface area contributed by atoms with Crippen molar-refractivity contribution < 1.29 is 9.59 Å². The number of aldehydes is 2. The Morgan fingerprint density at radius 1 is 1.11 bits per heavy atom. The lowest BCUT2D eigenvalue weighted by molar-refractivity contribution is -0.109. The highest BCUT2D eigenvalue weighted by Crippen LogP contribution is 2.23. The Kier molecular flexibility index (Phi) is 7.87. The van der Waals surface area contributed by atoms with Crippen molar-refractivity contribution in [3.63, 3.8) is 0 Å². The van der Waals surface area contributed by atoms with Gasteiger partial charge in [0, 0.05) is 12.2 Å². The second kappa shape index (κ2) is 9.54. The Morgan fingerprint density at radius 3 is 2.42 bits per heavy atom. The Bertz CT molecular complexity index is 346. The van der Waals surface area contributed by atoms with E-state index in [9.17, 15) is 9.59 Å². The quantitative estimate of drug-likeness (QED) is 0.252. The summed E-state index contributed by atoms with van der Waals surface area (Å²) in [6, 6.07) is 0. The number of nitrogens with one attached hydrogen (secondary N) is 1. The zero-order valence-electron chi connectivity index (χ0n) is 11.9. The molecule has 0 saturated heterocycles. The molecule has 0 radical (unpaired) electrons. The summed E-state index contributed by atoms with van der Waals surface area (Å²) in [7, 11) is 0. The van der Waals surface area contributed by atoms with Gasteiger partial charge in [0.15, 0.2) is 12.6 Å². The van der Waals surface area contributed by atoms with Gasteiger partial charge in [-0.15, -0.1) is 0 Å². The van der Waals surface area contributed by atoms with E-state index in [1.807, 2.05) is 0 Å². The van der Waals surface area contributed by atoms with Crippen molar-refractivity contribution >= 4 is 12.6 Å². The SMILES string of the molecule is CCCCN/C1=C(\C=C(C=O)C=O)CCCCCC1. The summed E-state index contributed by atoms with van der Waals surface area (Å²) in [5.74, 6) is 0. The first kappa shape index (κ1) is 15.7. The molecule has 0 aromatic heterocycles. The summed E-state index contributed by atoms with van der Waals surface area (Å²) in [5.41, 5.74) is 2.62. The van der Waals surface area contributed by atoms with Gasteiger partial charge in [-0.05, 0) is 43.8 Å². The van der Waals surface area contributed by atoms with Crippen LogP contribution in [-0.2, 0) is 9.59 Å². The van der Waals surface area contributed by atoms with Crippen molar-refractivity contribution in [1.82, 2.24) is 5.32 Å². The molecule has 3 nitrogen and oxygen atoms in total. The molecule has 0 aliphatic heterocycles. The van der Waals surface area contributed by atoms with Crippen LogP contribution in [0.25, 0.3) is 0 Å². The normalized spacial score (nSPS) is 20.1. The van der Waals surface area contributed by atoms with Gasteiger partial charge in [-0.2, -0.15) is 0 Å². The molecule has 1 aliphatic carbocycles. The molecule has 19 heavy (non-hydrogen) atoms. The number of allylic oxidation sites excluding steroid dienone is 4. The maximum atomic E-state index is 10.8. The van der Waals surface area contributed by atoms with E-state index >= 15 is 0 Å². The lowest BCUT2D eigenvalue weighted by Gasteiger charge is -2.18. The number of hydrogen-bond acceptors (Lipinski definition) is 3. The van der Waals surface area contributed by atoms with Gasteiger partial charge in [0.1, 0.15) is 0 Å². The topological polar surface area (TPSA) is 46.2 Å². The fourth-order valence-corrected chi connectivity index (χ4v) is 2.36. The lowest BCUT2D eigenvalue weighted by Crippen LogP contribution is -2.17. The summed E-state index contributed by atoms with van der Waals surface area (Å²) in [5, 5.41) is 3.50. The second-order valence-electron chi connectivity index (χ2n) is 5.08. The minimum absolute atomic E-state index is 0.241. The first-order valence-corrected chi connectivity index (χ1v) is 7.39. The van der Waals surface area contributed by atoms with Crippen molar-refractivity contribution in [3.05, 3.63) is 22.9 Å². The average Bonchev–Trinajstić information content (AvgIpc) is 2.41. The van der Waals surface area contributed by atoms with Gasteiger partial charge < -0.3 is 5.32 Å². The predicted molar refractivity (Wildman–Crippen MR) is 77.8 cm³/mol. The van der Waals surface area contributed by atoms with Crippen LogP contribution in [0.15, 0.2) is 22.9 Å². The van der Waals surface area contributed by atoms with Crippen LogP contribution >= 0.6 is 0 Å². The highest BCUT2D eigenvalue weighted by Gasteiger charge is 2.09. The molecule has 0 amide bonds. The van der Waals surface area contributed by atoms with Crippen molar-refractivity contribution in [2.24, 2.45) is 0 Å². The predicted octanol–water partition coefficient (Wildman–Crippen LogP) is 3.31. The zero-order chi connectivity index (χ0) is 13.9. The molecule has 0 aromatic rings. The third kappa shape index (κ3) is 5.86. The van der Waals surface area contributed by atoms with E-state index in [1.54, 1.807) is 6.08 Å². The van der Waals surface area contributed by atoms with E-state index in [2.05, 4.69) is 12.2 Å². The molecule has 0 fully saturated rings. The molecule has 106 valence electrons. The number of carbonyl (C=O) groups excluding carboxylic acids is 2. The van der Waals surface area contributed by atoms with E-state index in [0.29, 0.717) is 12.6 Å². The van der Waals surface area contributed by atoms with Crippen LogP contribution in [-0.4, -0.2) is 19.1 Å². The molecule has 0 aromatic carbocycles. The average molecular weight is 263 g/mol. The van der Waals surface area contributed by atoms with Gasteiger partial charge in [0.25, 0.3) is 0 Å². The number of rotatable bonds is 7. The summed E-state index contributed by atoms with van der Waals surface area (Å²) in [6.45, 7) is 3.15. The van der Waals surface area contributed by atoms with Gasteiger partial charge in [-0.3, -0.25) is 9.59 Å². The van der Waals surface area contributed by atoms with Gasteiger partial charge in [0.2, 0.25) is 0 Å². The van der Waals surface area contributed by atoms with Gasteiger partial charge in [0.05, 0.1) is 5.57 Å². The maximum absolute atomic E-state index is 10.8. The van der Waals surface area contributed by atoms with Crippen LogP contribution in [0, 0.1) is 0 Å². The lowest BCUT2D eigenvalue weighted by atomic mass is 9.96. The number of hydrogen-bond donors (Lipinski definition) is 1. The van der Waals surface area contributed by atoms with Gasteiger partial charge in [-0.1, -0.05) is 26.2 Å². The summed E-state index contributed by atoms with van der Waals surface area (Å²) in [6.07, 6.45) is 12.2. The zero-order valence-corrected chi connectivity index (χ0v) is 11.9. The van der Waals surface area contributed by atoms with Gasteiger partial charge >= 0.3 is 0 Å². The van der Waals surface area contributed by atoms with Crippen LogP contribution in [0.3, 0.4) is 0 Å². The van der Waals surface area contributed by atoms with Crippen molar-refractivity contribution in [2.45, 2.75) is 58.3 Å². The summed E-state index contributed by atoms with van der Waals surface area (Å²) >= 11 is 0. The summed E-state index contributed by atoms with van der Waals surface area (Å²) in [4.78, 5) is 21.6. The molecule has 0 atom stereocenters. The fourth-order valence-electron chi connectivity index (χ4n) is 2.36. The van der Waals surface area contributed by atoms with E-state index in [-0.39, 0.29) is 5.57 Å². The van der Waals surface area contributed by atoms with Crippen LogP contribution in [0.2, 0.25) is 0 Å². The minimum atomic E-state index is 0.241. The molecular weight excluding hydrogens is 238 g/mol. The third-order valence-corrected chi connectivity index (χ3v) is 3.49. The molecule has 0 bridgehead atoms. The molecular formula is C16H25NO2. The third-order valence-electron chi connectivity index (χ3n) is 3.49. The Morgan fingerprint density at radius 2 is 1.79 bits per heavy atom. The smallest absolute Gasteiger partial charge is 0.153 e. The number of unbranched alkanes of at least 4 members (excludes halogenated alkanes) is 1. The Labute approximate surface area is 116 Å². The first-order valence-electron chi connectivity index (χ1n) is 7.39. The van der Waals surface area contributed by atoms with Crippen LogP contribution in [0.4, 0.5) is 0 Å². The Hall–Kier alpha value is -1.38. The van der Waals surface area contributed by atoms with E-state index in [1.165, 1.54) is 31.4 Å². The first-order chi connectivity index (χ1) is 9.31. The van der Waals surface area contributed by atoms with Crippen molar-refractivity contribution in [3.8, 4) is 0 Å². The molecule has 3 heteroatoms. The minimum Gasteiger partial charge on any atom is -0.388 e. The molecule has 0 heterocycles. The van der Waals surface area contributed by atoms with Crippen molar-refractivity contribution in [2.75, 3.05) is 6.54 Å². The van der Waals surface area contributed by atoms with Crippen LogP contribution in [0.1, 0.15) is 58.3 Å². The van der Waals surface area contributed by atoms with E-state index in [4.69, 9.17) is 0 Å². The molecule has 0 saturated carbocycles. The van der Waals surface area contributed by atoms with E-state index < -0.39 is 0 Å². The standard InChI is InChI=1S/C16H25NO2/c1-2-3-10-17-16-9-7-5-4-6-8-15(16)11-14(12-18)13-19/h11-13,17H,2-10H2,1H3/b16-15-. The van der Waals surface area contributed by atoms with Crippen molar-refractivity contribution in [1.29, 1.82) is 0 Å². The van der Waals surface area contributed by atoms with E-state index in [0.717, 1.165) is 37.8 Å². The highest BCUT2D eigenvalue weighted by molar-refractivity contribution is 5.99.